The first kappa shape index (κ1) is 20.2. The fourth-order valence-electron chi connectivity index (χ4n) is 2.95. The minimum absolute atomic E-state index is 0.169. The van der Waals surface area contributed by atoms with Crippen LogP contribution in [0.5, 0.6) is 0 Å². The summed E-state index contributed by atoms with van der Waals surface area (Å²) < 4.78 is 8.98. The van der Waals surface area contributed by atoms with Gasteiger partial charge in [0, 0.05) is 29.9 Å². The van der Waals surface area contributed by atoms with Gasteiger partial charge in [-0.05, 0) is 41.9 Å². The highest BCUT2D eigenvalue weighted by atomic mass is 79.9. The molecule has 0 atom stereocenters. The van der Waals surface area contributed by atoms with Gasteiger partial charge in [-0.25, -0.2) is 14.3 Å². The molecule has 4 heterocycles. The van der Waals surface area contributed by atoms with Crippen molar-refractivity contribution in [1.29, 1.82) is 0 Å². The summed E-state index contributed by atoms with van der Waals surface area (Å²) in [7, 11) is 1.30. The topological polar surface area (TPSA) is 103 Å². The second kappa shape index (κ2) is 8.00. The number of nitrogens with zero attached hydrogens (tertiary/aromatic N) is 5. The summed E-state index contributed by atoms with van der Waals surface area (Å²) in [6.45, 7) is 4.57. The van der Waals surface area contributed by atoms with E-state index >= 15 is 0 Å². The van der Waals surface area contributed by atoms with E-state index in [1.807, 2.05) is 20.0 Å². The van der Waals surface area contributed by atoms with Gasteiger partial charge in [-0.1, -0.05) is 0 Å². The second-order valence-electron chi connectivity index (χ2n) is 6.36. The maximum atomic E-state index is 12.8. The summed E-state index contributed by atoms with van der Waals surface area (Å²) in [5, 5.41) is 12.1. The number of hydrogen-bond acceptors (Lipinski definition) is 7. The smallest absolute Gasteiger partial charge is 0.340 e. The zero-order valence-electron chi connectivity index (χ0n) is 16.3. The Morgan fingerprint density at radius 1 is 1.30 bits per heavy atom. The van der Waals surface area contributed by atoms with Crippen LogP contribution in [0.2, 0.25) is 0 Å². The number of methoxy groups -OCH3 is 1. The number of carbonyl (C=O) groups is 2. The number of rotatable bonds is 5. The van der Waals surface area contributed by atoms with E-state index in [1.165, 1.54) is 18.4 Å². The molecule has 4 aromatic rings. The number of esters is 1. The molecule has 0 spiro atoms. The van der Waals surface area contributed by atoms with E-state index in [2.05, 4.69) is 36.4 Å². The Bertz CT molecular complexity index is 1270. The van der Waals surface area contributed by atoms with Crippen LogP contribution in [-0.4, -0.2) is 43.4 Å². The fraction of sp³-hybridized carbons (Fsp3) is 0.211. The van der Waals surface area contributed by atoms with E-state index in [9.17, 15) is 9.59 Å². The third-order valence-corrected chi connectivity index (χ3v) is 5.91. The lowest BCUT2D eigenvalue weighted by molar-refractivity contribution is 0.0602. The Morgan fingerprint density at radius 3 is 2.80 bits per heavy atom. The number of aryl methyl sites for hydroxylation is 2. The van der Waals surface area contributed by atoms with E-state index in [4.69, 9.17) is 4.74 Å². The Kier molecular flexibility index (Phi) is 5.39. The summed E-state index contributed by atoms with van der Waals surface area (Å²) in [6.07, 6.45) is 3.52. The number of nitrogens with one attached hydrogen (secondary N) is 1. The minimum atomic E-state index is -0.509. The highest BCUT2D eigenvalue weighted by Crippen LogP contribution is 2.29. The van der Waals surface area contributed by atoms with Gasteiger partial charge in [0.2, 0.25) is 0 Å². The van der Waals surface area contributed by atoms with Gasteiger partial charge in [-0.15, -0.1) is 11.3 Å². The average Bonchev–Trinajstić information content (AvgIpc) is 3.43. The van der Waals surface area contributed by atoms with Gasteiger partial charge in [0.05, 0.1) is 22.8 Å². The first-order chi connectivity index (χ1) is 14.4. The highest BCUT2D eigenvalue weighted by Gasteiger charge is 2.21. The molecule has 0 bridgehead atoms. The predicted octanol–water partition coefficient (Wildman–Crippen LogP) is 3.78. The quantitative estimate of drug-likeness (QED) is 0.428. The molecular formula is C19H17BrN6O3S. The Labute approximate surface area is 183 Å². The van der Waals surface area contributed by atoms with E-state index < -0.39 is 11.9 Å². The lowest BCUT2D eigenvalue weighted by Crippen LogP contribution is -2.14. The first-order valence-corrected chi connectivity index (χ1v) is 10.6. The largest absolute Gasteiger partial charge is 0.465 e. The van der Waals surface area contributed by atoms with Crippen molar-refractivity contribution in [2.45, 2.75) is 20.4 Å². The van der Waals surface area contributed by atoms with Crippen LogP contribution in [0.3, 0.4) is 0 Å². The van der Waals surface area contributed by atoms with Crippen molar-refractivity contribution in [3.05, 3.63) is 51.2 Å². The average molecular weight is 489 g/mol. The third kappa shape index (κ3) is 3.61. The molecule has 9 nitrogen and oxygen atoms in total. The molecule has 30 heavy (non-hydrogen) atoms. The number of amides is 1. The normalized spacial score (nSPS) is 11.1. The summed E-state index contributed by atoms with van der Waals surface area (Å²) in [5.74, 6) is -0.957. The monoisotopic (exact) mass is 488 g/mol. The van der Waals surface area contributed by atoms with Gasteiger partial charge >= 0.3 is 5.97 Å². The van der Waals surface area contributed by atoms with E-state index in [0.29, 0.717) is 27.6 Å². The molecule has 0 radical (unpaired) electrons. The van der Waals surface area contributed by atoms with Crippen LogP contribution in [-0.2, 0) is 11.3 Å². The Morgan fingerprint density at radius 2 is 2.10 bits per heavy atom. The van der Waals surface area contributed by atoms with Crippen molar-refractivity contribution in [3.63, 3.8) is 0 Å². The molecule has 154 valence electrons. The van der Waals surface area contributed by atoms with Gasteiger partial charge in [0.1, 0.15) is 10.7 Å². The lowest BCUT2D eigenvalue weighted by Gasteiger charge is -2.03. The zero-order valence-corrected chi connectivity index (χ0v) is 18.7. The summed E-state index contributed by atoms with van der Waals surface area (Å²) in [4.78, 5) is 30.0. The molecule has 0 aromatic carbocycles. The molecule has 0 unspecified atom stereocenters. The van der Waals surface area contributed by atoms with E-state index in [0.717, 1.165) is 15.9 Å². The number of ether oxygens (including phenoxy) is 1. The molecule has 1 amide bonds. The van der Waals surface area contributed by atoms with E-state index in [1.54, 1.807) is 33.6 Å². The van der Waals surface area contributed by atoms with Crippen LogP contribution in [0.25, 0.3) is 17.0 Å². The minimum Gasteiger partial charge on any atom is -0.465 e. The van der Waals surface area contributed by atoms with Crippen LogP contribution in [0, 0.1) is 6.92 Å². The molecule has 0 saturated heterocycles. The van der Waals surface area contributed by atoms with Gasteiger partial charge in [-0.2, -0.15) is 10.2 Å². The number of hydrogen-bond donors (Lipinski definition) is 1. The van der Waals surface area contributed by atoms with Crippen molar-refractivity contribution in [2.75, 3.05) is 12.4 Å². The zero-order chi connectivity index (χ0) is 21.4. The maximum absolute atomic E-state index is 12.8. The van der Waals surface area contributed by atoms with Gasteiger partial charge in [0.15, 0.2) is 11.3 Å². The molecule has 0 saturated carbocycles. The van der Waals surface area contributed by atoms with Crippen LogP contribution < -0.4 is 5.32 Å². The molecule has 4 rings (SSSR count). The molecule has 0 aliphatic heterocycles. The summed E-state index contributed by atoms with van der Waals surface area (Å²) >= 11 is 4.82. The van der Waals surface area contributed by atoms with Crippen molar-refractivity contribution in [2.24, 2.45) is 0 Å². The molecule has 4 aromatic heterocycles. The van der Waals surface area contributed by atoms with Crippen LogP contribution in [0.1, 0.15) is 32.6 Å². The van der Waals surface area contributed by atoms with Gasteiger partial charge < -0.3 is 10.1 Å². The van der Waals surface area contributed by atoms with E-state index in [-0.39, 0.29) is 5.69 Å². The Hall–Kier alpha value is -3.05. The summed E-state index contributed by atoms with van der Waals surface area (Å²) in [5.41, 5.74) is 2.38. The van der Waals surface area contributed by atoms with Gasteiger partial charge in [-0.3, -0.25) is 9.48 Å². The number of halogens is 1. The second-order valence-corrected chi connectivity index (χ2v) is 8.47. The molecule has 0 aliphatic rings. The van der Waals surface area contributed by atoms with Crippen molar-refractivity contribution in [3.8, 4) is 11.4 Å². The fourth-order valence-corrected chi connectivity index (χ4v) is 4.37. The molecular weight excluding hydrogens is 472 g/mol. The Balaban J connectivity index is 1.70. The number of aromatic nitrogens is 5. The molecule has 0 fully saturated rings. The predicted molar refractivity (Wildman–Crippen MR) is 116 cm³/mol. The molecule has 11 heteroatoms. The van der Waals surface area contributed by atoms with Crippen molar-refractivity contribution >= 4 is 49.8 Å². The van der Waals surface area contributed by atoms with Crippen molar-refractivity contribution in [1.82, 2.24) is 24.4 Å². The highest BCUT2D eigenvalue weighted by molar-refractivity contribution is 9.10. The molecule has 1 N–H and O–H groups in total. The van der Waals surface area contributed by atoms with Crippen LogP contribution in [0.15, 0.2) is 35.1 Å². The summed E-state index contributed by atoms with van der Waals surface area (Å²) in [6, 6.07) is 5.05. The van der Waals surface area contributed by atoms with Crippen LogP contribution in [0.4, 0.5) is 5.00 Å². The standard InChI is InChI=1S/C19H17BrN6O3S/c1-4-25-9-12(20)16(24-25)14-5-6-21-15-8-13(23-26(14)15)17(27)22-18-11(19(28)29-3)7-10(2)30-18/h5-9H,4H2,1-3H3,(H,22,27). The maximum Gasteiger partial charge on any atom is 0.340 e. The molecule has 0 aliphatic carbocycles. The SMILES string of the molecule is CCn1cc(Br)c(-c2ccnc3cc(C(=O)Nc4sc(C)cc4C(=O)OC)nn23)n1. The third-order valence-electron chi connectivity index (χ3n) is 4.36. The number of carbonyl (C=O) groups excluding carboxylic acids is 2. The first-order valence-electron chi connectivity index (χ1n) is 8.99. The van der Waals surface area contributed by atoms with Crippen molar-refractivity contribution < 1.29 is 14.3 Å². The number of thiophene rings is 1. The number of fused-ring (bicyclic) bond motifs is 1. The lowest BCUT2D eigenvalue weighted by atomic mass is 10.3. The number of anilines is 1. The van der Waals surface area contributed by atoms with Gasteiger partial charge in [0.25, 0.3) is 5.91 Å². The van der Waals surface area contributed by atoms with Crippen LogP contribution >= 0.6 is 27.3 Å².